The van der Waals surface area contributed by atoms with Gasteiger partial charge < -0.3 is 13.9 Å². The van der Waals surface area contributed by atoms with Gasteiger partial charge in [-0.15, -0.1) is 0 Å². The van der Waals surface area contributed by atoms with Crippen LogP contribution in [0.5, 0.6) is 5.75 Å². The Kier molecular flexibility index (Phi) is 5.61. The minimum Gasteiger partial charge on any atom is -0.482 e. The molecule has 0 saturated heterocycles. The summed E-state index contributed by atoms with van der Waals surface area (Å²) in [7, 11) is 0. The second-order valence-electron chi connectivity index (χ2n) is 7.43. The Morgan fingerprint density at radius 1 is 1.11 bits per heavy atom. The van der Waals surface area contributed by atoms with Crippen LogP contribution in [0.15, 0.2) is 56.1 Å². The van der Waals surface area contributed by atoms with Crippen molar-refractivity contribution in [3.05, 3.63) is 62.9 Å². The summed E-state index contributed by atoms with van der Waals surface area (Å²) in [6.07, 6.45) is 0. The van der Waals surface area contributed by atoms with E-state index < -0.39 is 17.2 Å². The zero-order chi connectivity index (χ0) is 20.5. The molecule has 0 amide bonds. The van der Waals surface area contributed by atoms with Gasteiger partial charge in [0.15, 0.2) is 6.61 Å². The predicted octanol–water partition coefficient (Wildman–Crippen LogP) is 5.25. The summed E-state index contributed by atoms with van der Waals surface area (Å²) in [4.78, 5) is 24.4. The molecule has 0 unspecified atom stereocenters. The van der Waals surface area contributed by atoms with E-state index in [0.29, 0.717) is 16.9 Å². The summed E-state index contributed by atoms with van der Waals surface area (Å²) in [5.41, 5.74) is 1.57. The van der Waals surface area contributed by atoms with Crippen molar-refractivity contribution in [3.8, 4) is 16.9 Å². The van der Waals surface area contributed by atoms with Crippen molar-refractivity contribution in [2.24, 2.45) is 0 Å². The van der Waals surface area contributed by atoms with Crippen LogP contribution in [-0.4, -0.2) is 18.2 Å². The Bertz CT molecular complexity index is 1080. The van der Waals surface area contributed by atoms with E-state index >= 15 is 0 Å². The lowest BCUT2D eigenvalue weighted by molar-refractivity contribution is -0.157. The van der Waals surface area contributed by atoms with Gasteiger partial charge in [-0.25, -0.2) is 9.59 Å². The molecule has 0 bridgehead atoms. The number of rotatable bonds is 4. The number of carbonyl (C=O) groups is 1. The van der Waals surface area contributed by atoms with Gasteiger partial charge in [0.05, 0.1) is 5.56 Å². The molecule has 0 radical (unpaired) electrons. The SMILES string of the molecule is Cc1c(-c2ccc(Br)cc2)c(=O)oc2ccc(OCC(=O)OC(C)(C)C)cc12. The predicted molar refractivity (Wildman–Crippen MR) is 112 cm³/mol. The van der Waals surface area contributed by atoms with Gasteiger partial charge in [0.2, 0.25) is 0 Å². The number of hydrogen-bond acceptors (Lipinski definition) is 5. The summed E-state index contributed by atoms with van der Waals surface area (Å²) in [5, 5.41) is 0.749. The molecule has 0 aliphatic heterocycles. The summed E-state index contributed by atoms with van der Waals surface area (Å²) in [6, 6.07) is 12.6. The molecular formula is C22H21BrO5. The maximum Gasteiger partial charge on any atom is 0.344 e. The minimum absolute atomic E-state index is 0.196. The first-order valence-corrected chi connectivity index (χ1v) is 9.61. The van der Waals surface area contributed by atoms with Crippen molar-refractivity contribution in [1.82, 2.24) is 0 Å². The summed E-state index contributed by atoms with van der Waals surface area (Å²) < 4.78 is 17.2. The number of aryl methyl sites for hydroxylation is 1. The van der Waals surface area contributed by atoms with Gasteiger partial charge in [-0.1, -0.05) is 28.1 Å². The zero-order valence-electron chi connectivity index (χ0n) is 16.2. The molecule has 2 aromatic carbocycles. The molecule has 0 aliphatic rings. The molecule has 1 aromatic heterocycles. The van der Waals surface area contributed by atoms with Crippen LogP contribution in [0.25, 0.3) is 22.1 Å². The molecule has 28 heavy (non-hydrogen) atoms. The van der Waals surface area contributed by atoms with Gasteiger partial charge in [0.1, 0.15) is 16.9 Å². The fourth-order valence-electron chi connectivity index (χ4n) is 2.88. The Hall–Kier alpha value is -2.60. The Morgan fingerprint density at radius 2 is 1.79 bits per heavy atom. The van der Waals surface area contributed by atoms with Crippen LogP contribution in [0.2, 0.25) is 0 Å². The van der Waals surface area contributed by atoms with Crippen LogP contribution in [0.1, 0.15) is 26.3 Å². The highest BCUT2D eigenvalue weighted by Gasteiger charge is 2.17. The molecule has 0 spiro atoms. The van der Waals surface area contributed by atoms with E-state index in [1.807, 2.05) is 31.2 Å². The van der Waals surface area contributed by atoms with Crippen molar-refractivity contribution < 1.29 is 18.7 Å². The molecule has 3 aromatic rings. The van der Waals surface area contributed by atoms with E-state index in [0.717, 1.165) is 21.0 Å². The lowest BCUT2D eigenvalue weighted by Gasteiger charge is -2.19. The highest BCUT2D eigenvalue weighted by Crippen LogP contribution is 2.30. The second kappa shape index (κ2) is 7.80. The monoisotopic (exact) mass is 444 g/mol. The first-order valence-electron chi connectivity index (χ1n) is 8.82. The van der Waals surface area contributed by atoms with Crippen molar-refractivity contribution in [3.63, 3.8) is 0 Å². The van der Waals surface area contributed by atoms with E-state index in [1.54, 1.807) is 39.0 Å². The fraction of sp³-hybridized carbons (Fsp3) is 0.273. The fourth-order valence-corrected chi connectivity index (χ4v) is 3.15. The van der Waals surface area contributed by atoms with Crippen molar-refractivity contribution in [2.75, 3.05) is 6.61 Å². The van der Waals surface area contributed by atoms with Crippen LogP contribution in [0, 0.1) is 6.92 Å². The minimum atomic E-state index is -0.566. The van der Waals surface area contributed by atoms with Crippen molar-refractivity contribution in [1.29, 1.82) is 0 Å². The third-order valence-electron chi connectivity index (χ3n) is 4.05. The average molecular weight is 445 g/mol. The van der Waals surface area contributed by atoms with E-state index in [4.69, 9.17) is 13.9 Å². The molecule has 0 N–H and O–H groups in total. The molecule has 0 saturated carbocycles. The molecule has 0 aliphatic carbocycles. The van der Waals surface area contributed by atoms with E-state index in [9.17, 15) is 9.59 Å². The normalized spacial score (nSPS) is 11.5. The lowest BCUT2D eigenvalue weighted by atomic mass is 9.99. The Morgan fingerprint density at radius 3 is 2.43 bits per heavy atom. The van der Waals surface area contributed by atoms with Gasteiger partial charge in [0.25, 0.3) is 0 Å². The molecular weight excluding hydrogens is 424 g/mol. The number of esters is 1. The highest BCUT2D eigenvalue weighted by atomic mass is 79.9. The smallest absolute Gasteiger partial charge is 0.344 e. The largest absolute Gasteiger partial charge is 0.482 e. The molecule has 1 heterocycles. The molecule has 5 nitrogen and oxygen atoms in total. The number of ether oxygens (including phenoxy) is 2. The highest BCUT2D eigenvalue weighted by molar-refractivity contribution is 9.10. The third-order valence-corrected chi connectivity index (χ3v) is 4.58. The first-order chi connectivity index (χ1) is 13.1. The second-order valence-corrected chi connectivity index (χ2v) is 8.35. The average Bonchev–Trinajstić information content (AvgIpc) is 2.60. The van der Waals surface area contributed by atoms with Gasteiger partial charge in [0, 0.05) is 9.86 Å². The van der Waals surface area contributed by atoms with Gasteiger partial charge in [-0.2, -0.15) is 0 Å². The molecule has 6 heteroatoms. The maximum absolute atomic E-state index is 12.5. The van der Waals surface area contributed by atoms with E-state index in [2.05, 4.69) is 15.9 Å². The molecule has 0 atom stereocenters. The summed E-state index contributed by atoms with van der Waals surface area (Å²) >= 11 is 3.40. The standard InChI is InChI=1S/C22H21BrO5/c1-13-17-11-16(26-12-19(24)28-22(2,3)4)9-10-18(17)27-21(25)20(13)14-5-7-15(23)8-6-14/h5-11H,12H2,1-4H3. The van der Waals surface area contributed by atoms with Crippen LogP contribution in [0.4, 0.5) is 0 Å². The topological polar surface area (TPSA) is 65.7 Å². The number of benzene rings is 2. The Labute approximate surface area is 171 Å². The quantitative estimate of drug-likeness (QED) is 0.405. The van der Waals surface area contributed by atoms with Crippen molar-refractivity contribution in [2.45, 2.75) is 33.3 Å². The number of fused-ring (bicyclic) bond motifs is 1. The van der Waals surface area contributed by atoms with Crippen LogP contribution in [-0.2, 0) is 9.53 Å². The summed E-state index contributed by atoms with van der Waals surface area (Å²) in [5.74, 6) is 0.0523. The molecule has 3 rings (SSSR count). The zero-order valence-corrected chi connectivity index (χ0v) is 17.8. The van der Waals surface area contributed by atoms with Crippen molar-refractivity contribution >= 4 is 32.9 Å². The van der Waals surface area contributed by atoms with Crippen LogP contribution in [0.3, 0.4) is 0 Å². The maximum atomic E-state index is 12.5. The van der Waals surface area contributed by atoms with E-state index in [1.165, 1.54) is 0 Å². The van der Waals surface area contributed by atoms with Crippen LogP contribution < -0.4 is 10.4 Å². The lowest BCUT2D eigenvalue weighted by Crippen LogP contribution is -2.27. The number of carbonyl (C=O) groups excluding carboxylic acids is 1. The van der Waals surface area contributed by atoms with E-state index in [-0.39, 0.29) is 6.61 Å². The third kappa shape index (κ3) is 4.62. The van der Waals surface area contributed by atoms with Crippen LogP contribution >= 0.6 is 15.9 Å². The number of halogens is 1. The number of hydrogen-bond donors (Lipinski definition) is 0. The van der Waals surface area contributed by atoms with Gasteiger partial charge in [-0.05, 0) is 69.2 Å². The molecule has 0 fully saturated rings. The summed E-state index contributed by atoms with van der Waals surface area (Å²) in [6.45, 7) is 7.08. The first kappa shape index (κ1) is 20.1. The van der Waals surface area contributed by atoms with Gasteiger partial charge in [-0.3, -0.25) is 0 Å². The Balaban J connectivity index is 1.94. The molecule has 146 valence electrons. The van der Waals surface area contributed by atoms with Gasteiger partial charge >= 0.3 is 11.6 Å².